The van der Waals surface area contributed by atoms with E-state index in [0.29, 0.717) is 11.6 Å². The molecule has 2 unspecified atom stereocenters. The Morgan fingerprint density at radius 2 is 2.16 bits per heavy atom. The van der Waals surface area contributed by atoms with E-state index in [1.54, 1.807) is 6.07 Å². The molecule has 1 aliphatic carbocycles. The molecular weight excluding hydrogens is 259 g/mol. The van der Waals surface area contributed by atoms with Crippen molar-refractivity contribution in [3.8, 4) is 0 Å². The second-order valence-electron chi connectivity index (χ2n) is 5.53. The Hall–Kier alpha value is -1.16. The highest BCUT2D eigenvalue weighted by molar-refractivity contribution is 7.80. The molecule has 0 amide bonds. The topological polar surface area (TPSA) is 29.3 Å². The van der Waals surface area contributed by atoms with Crippen LogP contribution in [0.15, 0.2) is 18.2 Å². The molecule has 19 heavy (non-hydrogen) atoms. The van der Waals surface area contributed by atoms with Gasteiger partial charge in [0.05, 0.1) is 5.56 Å². The van der Waals surface area contributed by atoms with Gasteiger partial charge in [-0.3, -0.25) is 0 Å². The molecule has 0 aromatic heterocycles. The van der Waals surface area contributed by atoms with Crippen LogP contribution in [0, 0.1) is 11.7 Å². The Balaban J connectivity index is 2.30. The minimum atomic E-state index is -0.333. The van der Waals surface area contributed by atoms with Crippen molar-refractivity contribution >= 4 is 22.9 Å². The summed E-state index contributed by atoms with van der Waals surface area (Å²) >= 11 is 4.99. The van der Waals surface area contributed by atoms with E-state index < -0.39 is 0 Å². The van der Waals surface area contributed by atoms with Crippen molar-refractivity contribution in [2.45, 2.75) is 38.6 Å². The van der Waals surface area contributed by atoms with Crippen molar-refractivity contribution in [3.63, 3.8) is 0 Å². The van der Waals surface area contributed by atoms with E-state index in [9.17, 15) is 4.39 Å². The van der Waals surface area contributed by atoms with Crippen LogP contribution in [0.25, 0.3) is 0 Å². The number of thiocarbonyl (C=S) groups is 1. The van der Waals surface area contributed by atoms with E-state index in [2.05, 4.69) is 11.8 Å². The highest BCUT2D eigenvalue weighted by Gasteiger charge is 2.25. The fourth-order valence-electron chi connectivity index (χ4n) is 3.00. The van der Waals surface area contributed by atoms with Crippen LogP contribution in [0.4, 0.5) is 10.1 Å². The van der Waals surface area contributed by atoms with Crippen molar-refractivity contribution in [2.75, 3.05) is 11.9 Å². The first-order chi connectivity index (χ1) is 9.00. The second-order valence-corrected chi connectivity index (χ2v) is 5.97. The van der Waals surface area contributed by atoms with Crippen LogP contribution < -0.4 is 10.6 Å². The summed E-state index contributed by atoms with van der Waals surface area (Å²) in [4.78, 5) is 2.27. The smallest absolute Gasteiger partial charge is 0.135 e. The fourth-order valence-corrected chi connectivity index (χ4v) is 3.20. The van der Waals surface area contributed by atoms with Crippen molar-refractivity contribution in [2.24, 2.45) is 11.7 Å². The van der Waals surface area contributed by atoms with E-state index >= 15 is 0 Å². The first kappa shape index (κ1) is 14.3. The van der Waals surface area contributed by atoms with Crippen LogP contribution in [-0.2, 0) is 0 Å². The van der Waals surface area contributed by atoms with E-state index in [1.165, 1.54) is 18.9 Å². The van der Waals surface area contributed by atoms with Gasteiger partial charge in [-0.1, -0.05) is 38.0 Å². The summed E-state index contributed by atoms with van der Waals surface area (Å²) in [7, 11) is 2.01. The molecule has 0 aliphatic heterocycles. The van der Waals surface area contributed by atoms with Gasteiger partial charge in [0.15, 0.2) is 0 Å². The zero-order valence-electron chi connectivity index (χ0n) is 11.5. The monoisotopic (exact) mass is 280 g/mol. The van der Waals surface area contributed by atoms with Gasteiger partial charge in [-0.15, -0.1) is 0 Å². The number of hydrogen-bond acceptors (Lipinski definition) is 2. The molecule has 1 aromatic rings. The molecule has 1 aliphatic rings. The summed E-state index contributed by atoms with van der Waals surface area (Å²) in [6.45, 7) is 2.28. The van der Waals surface area contributed by atoms with Crippen LogP contribution >= 0.6 is 12.2 Å². The first-order valence-electron chi connectivity index (χ1n) is 6.82. The van der Waals surface area contributed by atoms with Crippen molar-refractivity contribution in [1.82, 2.24) is 0 Å². The van der Waals surface area contributed by atoms with Gasteiger partial charge in [-0.2, -0.15) is 0 Å². The second kappa shape index (κ2) is 5.87. The van der Waals surface area contributed by atoms with Gasteiger partial charge in [-0.25, -0.2) is 4.39 Å². The number of halogens is 1. The first-order valence-corrected chi connectivity index (χ1v) is 7.22. The Kier molecular flexibility index (Phi) is 4.40. The van der Waals surface area contributed by atoms with Crippen molar-refractivity contribution in [1.29, 1.82) is 0 Å². The van der Waals surface area contributed by atoms with Crippen molar-refractivity contribution < 1.29 is 4.39 Å². The van der Waals surface area contributed by atoms with Gasteiger partial charge in [0.2, 0.25) is 0 Å². The molecule has 1 saturated carbocycles. The molecule has 104 valence electrons. The Bertz CT molecular complexity index is 475. The van der Waals surface area contributed by atoms with E-state index in [4.69, 9.17) is 18.0 Å². The maximum absolute atomic E-state index is 13.9. The van der Waals surface area contributed by atoms with Crippen LogP contribution in [0.5, 0.6) is 0 Å². The lowest BCUT2D eigenvalue weighted by Gasteiger charge is -2.36. The highest BCUT2D eigenvalue weighted by Crippen LogP contribution is 2.31. The Morgan fingerprint density at radius 3 is 2.79 bits per heavy atom. The molecule has 1 fully saturated rings. The van der Waals surface area contributed by atoms with Crippen LogP contribution in [0.1, 0.15) is 38.2 Å². The third-order valence-electron chi connectivity index (χ3n) is 4.07. The summed E-state index contributed by atoms with van der Waals surface area (Å²) in [5, 5.41) is 0. The van der Waals surface area contributed by atoms with E-state index in [1.807, 2.05) is 13.1 Å². The summed E-state index contributed by atoms with van der Waals surface area (Å²) in [5.74, 6) is 0.392. The fraction of sp³-hybridized carbons (Fsp3) is 0.533. The van der Waals surface area contributed by atoms with Gasteiger partial charge in [0.25, 0.3) is 0 Å². The predicted molar refractivity (Wildman–Crippen MR) is 82.1 cm³/mol. The van der Waals surface area contributed by atoms with Gasteiger partial charge in [0.1, 0.15) is 10.8 Å². The molecular formula is C15H21FN2S. The maximum Gasteiger partial charge on any atom is 0.135 e. The van der Waals surface area contributed by atoms with Crippen LogP contribution in [0.2, 0.25) is 0 Å². The quantitative estimate of drug-likeness (QED) is 0.860. The Labute approximate surface area is 119 Å². The van der Waals surface area contributed by atoms with Crippen LogP contribution in [-0.4, -0.2) is 18.1 Å². The largest absolute Gasteiger partial charge is 0.389 e. The minimum absolute atomic E-state index is 0.129. The molecule has 0 heterocycles. The summed E-state index contributed by atoms with van der Waals surface area (Å²) in [6.07, 6.45) is 4.81. The maximum atomic E-state index is 13.9. The number of anilines is 1. The molecule has 0 bridgehead atoms. The molecule has 0 saturated heterocycles. The molecule has 0 spiro atoms. The molecule has 0 radical (unpaired) electrons. The molecule has 2 nitrogen and oxygen atoms in total. The summed E-state index contributed by atoms with van der Waals surface area (Å²) in [5.41, 5.74) is 6.86. The highest BCUT2D eigenvalue weighted by atomic mass is 32.1. The molecule has 2 atom stereocenters. The Morgan fingerprint density at radius 1 is 1.42 bits per heavy atom. The van der Waals surface area contributed by atoms with Gasteiger partial charge in [0, 0.05) is 18.8 Å². The molecule has 1 aromatic carbocycles. The summed E-state index contributed by atoms with van der Waals surface area (Å²) in [6, 6.07) is 5.47. The third-order valence-corrected chi connectivity index (χ3v) is 4.28. The average Bonchev–Trinajstić information content (AvgIpc) is 2.37. The molecule has 2 rings (SSSR count). The molecule has 2 N–H and O–H groups in total. The average molecular weight is 280 g/mol. The van der Waals surface area contributed by atoms with Crippen molar-refractivity contribution in [3.05, 3.63) is 29.6 Å². The standard InChI is InChI=1S/C15H21FN2S/c1-10-5-3-6-11(9-10)18(2)13-8-4-7-12(16)14(13)15(17)19/h4,7-8,10-11H,3,5-6,9H2,1-2H3,(H2,17,19). The summed E-state index contributed by atoms with van der Waals surface area (Å²) < 4.78 is 13.9. The molecule has 4 heteroatoms. The van der Waals surface area contributed by atoms with E-state index in [-0.39, 0.29) is 10.8 Å². The zero-order valence-corrected chi connectivity index (χ0v) is 12.3. The normalized spacial score (nSPS) is 23.1. The lowest BCUT2D eigenvalue weighted by atomic mass is 9.86. The van der Waals surface area contributed by atoms with Crippen LogP contribution in [0.3, 0.4) is 0 Å². The van der Waals surface area contributed by atoms with Gasteiger partial charge < -0.3 is 10.6 Å². The van der Waals surface area contributed by atoms with Gasteiger partial charge >= 0.3 is 0 Å². The number of rotatable bonds is 3. The SMILES string of the molecule is CC1CCCC(N(C)c2cccc(F)c2C(N)=S)C1. The van der Waals surface area contributed by atoms with E-state index in [0.717, 1.165) is 24.4 Å². The predicted octanol–water partition coefficient (Wildman–Crippen LogP) is 3.47. The minimum Gasteiger partial charge on any atom is -0.389 e. The lowest BCUT2D eigenvalue weighted by Crippen LogP contribution is -2.37. The number of benzene rings is 1. The third kappa shape index (κ3) is 3.06. The number of hydrogen-bond donors (Lipinski definition) is 1. The number of nitrogens with zero attached hydrogens (tertiary/aromatic N) is 1. The number of nitrogens with two attached hydrogens (primary N) is 1. The zero-order chi connectivity index (χ0) is 14.0. The van der Waals surface area contributed by atoms with Gasteiger partial charge in [-0.05, 0) is 30.9 Å². The lowest BCUT2D eigenvalue weighted by molar-refractivity contribution is 0.336.